The average molecular weight is 426 g/mol. The van der Waals surface area contributed by atoms with Gasteiger partial charge in [-0.3, -0.25) is 5.01 Å². The van der Waals surface area contributed by atoms with E-state index in [1.165, 1.54) is 12.1 Å². The first-order chi connectivity index (χ1) is 14.3. The quantitative estimate of drug-likeness (QED) is 0.676. The number of nitrogens with zero attached hydrogens (tertiary/aromatic N) is 2. The lowest BCUT2D eigenvalue weighted by Gasteiger charge is -2.29. The third-order valence-electron chi connectivity index (χ3n) is 4.80. The SMILES string of the molecule is CCOC(=O)C1C(c2ccccc2)C(C#N)=C(N)N1NS(=O)(=O)c1ccc(C)cc1. The number of hydrazine groups is 1. The Bertz CT molecular complexity index is 1110. The molecule has 0 saturated carbocycles. The number of nitrogens with one attached hydrogen (secondary N) is 1. The number of sulfonamides is 1. The third kappa shape index (κ3) is 4.01. The molecular formula is C21H22N4O4S. The second kappa shape index (κ2) is 8.57. The number of nitrogens with two attached hydrogens (primary N) is 1. The molecule has 0 radical (unpaired) electrons. The maximum absolute atomic E-state index is 12.9. The summed E-state index contributed by atoms with van der Waals surface area (Å²) in [6.45, 7) is 3.58. The zero-order chi connectivity index (χ0) is 21.9. The van der Waals surface area contributed by atoms with Gasteiger partial charge in [-0.15, -0.1) is 4.83 Å². The molecule has 3 rings (SSSR count). The first-order valence-corrected chi connectivity index (χ1v) is 10.8. The van der Waals surface area contributed by atoms with Gasteiger partial charge in [0.25, 0.3) is 10.0 Å². The highest BCUT2D eigenvalue weighted by Gasteiger charge is 2.47. The van der Waals surface area contributed by atoms with Gasteiger partial charge in [0.05, 0.1) is 29.1 Å². The Morgan fingerprint density at radius 1 is 1.20 bits per heavy atom. The van der Waals surface area contributed by atoms with Gasteiger partial charge in [-0.1, -0.05) is 48.0 Å². The lowest BCUT2D eigenvalue weighted by atomic mass is 9.88. The van der Waals surface area contributed by atoms with Crippen molar-refractivity contribution in [3.8, 4) is 6.07 Å². The van der Waals surface area contributed by atoms with Crippen molar-refractivity contribution in [3.05, 3.63) is 77.1 Å². The van der Waals surface area contributed by atoms with E-state index in [2.05, 4.69) is 4.83 Å². The highest BCUT2D eigenvalue weighted by Crippen LogP contribution is 2.39. The summed E-state index contributed by atoms with van der Waals surface area (Å²) in [6.07, 6.45) is 0. The zero-order valence-corrected chi connectivity index (χ0v) is 17.4. The number of hydrogen-bond donors (Lipinski definition) is 2. The monoisotopic (exact) mass is 426 g/mol. The lowest BCUT2D eigenvalue weighted by Crippen LogP contribution is -2.51. The van der Waals surface area contributed by atoms with Crippen molar-refractivity contribution in [2.45, 2.75) is 30.7 Å². The summed E-state index contributed by atoms with van der Waals surface area (Å²) in [5, 5.41) is 10.7. The fraction of sp³-hybridized carbons (Fsp3) is 0.238. The molecule has 1 heterocycles. The minimum absolute atomic E-state index is 0.00479. The van der Waals surface area contributed by atoms with E-state index in [1.54, 1.807) is 49.4 Å². The molecule has 2 atom stereocenters. The molecule has 30 heavy (non-hydrogen) atoms. The number of esters is 1. The number of rotatable bonds is 6. The number of carbonyl (C=O) groups is 1. The van der Waals surface area contributed by atoms with Crippen molar-refractivity contribution < 1.29 is 17.9 Å². The van der Waals surface area contributed by atoms with Crippen LogP contribution in [0.1, 0.15) is 24.0 Å². The van der Waals surface area contributed by atoms with Gasteiger partial charge >= 0.3 is 5.97 Å². The fourth-order valence-electron chi connectivity index (χ4n) is 3.36. The molecular weight excluding hydrogens is 404 g/mol. The molecule has 2 aromatic rings. The molecule has 0 fully saturated rings. The van der Waals surface area contributed by atoms with Crippen LogP contribution in [0.3, 0.4) is 0 Å². The van der Waals surface area contributed by atoms with Crippen LogP contribution in [-0.4, -0.2) is 32.0 Å². The smallest absolute Gasteiger partial charge is 0.331 e. The predicted octanol–water partition coefficient (Wildman–Crippen LogP) is 1.91. The number of aryl methyl sites for hydroxylation is 1. The van der Waals surface area contributed by atoms with Gasteiger partial charge in [0, 0.05) is 0 Å². The van der Waals surface area contributed by atoms with E-state index in [0.717, 1.165) is 10.6 Å². The Morgan fingerprint density at radius 3 is 2.40 bits per heavy atom. The molecule has 9 heteroatoms. The van der Waals surface area contributed by atoms with Crippen LogP contribution in [0.4, 0.5) is 0 Å². The van der Waals surface area contributed by atoms with E-state index in [4.69, 9.17) is 10.5 Å². The minimum Gasteiger partial charge on any atom is -0.464 e. The molecule has 2 aromatic carbocycles. The molecule has 3 N–H and O–H groups in total. The zero-order valence-electron chi connectivity index (χ0n) is 16.6. The summed E-state index contributed by atoms with van der Waals surface area (Å²) in [7, 11) is -4.07. The number of carbonyl (C=O) groups excluding carboxylic acids is 1. The van der Waals surface area contributed by atoms with E-state index in [-0.39, 0.29) is 22.9 Å². The molecule has 8 nitrogen and oxygen atoms in total. The summed E-state index contributed by atoms with van der Waals surface area (Å²) in [6, 6.07) is 15.9. The van der Waals surface area contributed by atoms with Crippen molar-refractivity contribution in [2.24, 2.45) is 5.73 Å². The molecule has 0 aromatic heterocycles. The van der Waals surface area contributed by atoms with Crippen LogP contribution in [0.15, 0.2) is 70.9 Å². The molecule has 2 unspecified atom stereocenters. The molecule has 0 spiro atoms. The molecule has 156 valence electrons. The van der Waals surface area contributed by atoms with Gasteiger partial charge < -0.3 is 10.5 Å². The van der Waals surface area contributed by atoms with Crippen LogP contribution >= 0.6 is 0 Å². The largest absolute Gasteiger partial charge is 0.464 e. The lowest BCUT2D eigenvalue weighted by molar-refractivity contribution is -0.149. The number of hydrogen-bond acceptors (Lipinski definition) is 7. The van der Waals surface area contributed by atoms with Gasteiger partial charge in [-0.05, 0) is 31.5 Å². The Morgan fingerprint density at radius 2 is 1.83 bits per heavy atom. The van der Waals surface area contributed by atoms with Gasteiger partial charge in [0.1, 0.15) is 5.82 Å². The standard InChI is InChI=1S/C21H22N4O4S/c1-3-29-21(26)19-18(15-7-5-4-6-8-15)17(13-22)20(23)25(19)24-30(27,28)16-11-9-14(2)10-12-16/h4-12,18-19,24H,3,23H2,1-2H3. The van der Waals surface area contributed by atoms with Crippen molar-refractivity contribution >= 4 is 16.0 Å². The van der Waals surface area contributed by atoms with E-state index >= 15 is 0 Å². The third-order valence-corrected chi connectivity index (χ3v) is 6.13. The second-order valence-electron chi connectivity index (χ2n) is 6.77. The Balaban J connectivity index is 2.07. The van der Waals surface area contributed by atoms with Crippen molar-refractivity contribution in [3.63, 3.8) is 0 Å². The number of ether oxygens (including phenoxy) is 1. The van der Waals surface area contributed by atoms with E-state index in [1.807, 2.05) is 13.0 Å². The van der Waals surface area contributed by atoms with Gasteiger partial charge in [-0.25, -0.2) is 13.2 Å². The van der Waals surface area contributed by atoms with Crippen molar-refractivity contribution in [2.75, 3.05) is 6.61 Å². The molecule has 0 bridgehead atoms. The highest BCUT2D eigenvalue weighted by molar-refractivity contribution is 7.89. The molecule has 1 aliphatic rings. The van der Waals surface area contributed by atoms with Gasteiger partial charge in [0.2, 0.25) is 0 Å². The summed E-state index contributed by atoms with van der Waals surface area (Å²) >= 11 is 0. The maximum Gasteiger partial charge on any atom is 0.331 e. The fourth-order valence-corrected chi connectivity index (χ4v) is 4.43. The van der Waals surface area contributed by atoms with Gasteiger partial charge in [-0.2, -0.15) is 5.26 Å². The van der Waals surface area contributed by atoms with Crippen LogP contribution in [0.5, 0.6) is 0 Å². The highest BCUT2D eigenvalue weighted by atomic mass is 32.2. The van der Waals surface area contributed by atoms with Crippen LogP contribution in [0, 0.1) is 18.3 Å². The average Bonchev–Trinajstić information content (AvgIpc) is 3.00. The first kappa shape index (κ1) is 21.4. The van der Waals surface area contributed by atoms with Crippen LogP contribution in [0.2, 0.25) is 0 Å². The van der Waals surface area contributed by atoms with Crippen molar-refractivity contribution in [1.29, 1.82) is 5.26 Å². The number of nitriles is 1. The topological polar surface area (TPSA) is 126 Å². The normalized spacial score (nSPS) is 18.9. The maximum atomic E-state index is 12.9. The summed E-state index contributed by atoms with van der Waals surface area (Å²) in [5.74, 6) is -1.61. The second-order valence-corrected chi connectivity index (χ2v) is 8.43. The summed E-state index contributed by atoms with van der Waals surface area (Å²) < 4.78 is 31.1. The molecule has 0 saturated heterocycles. The Kier molecular flexibility index (Phi) is 6.10. The summed E-state index contributed by atoms with van der Waals surface area (Å²) in [5.41, 5.74) is 7.78. The van der Waals surface area contributed by atoms with E-state index < -0.39 is 28.0 Å². The molecule has 1 aliphatic heterocycles. The Hall–Kier alpha value is -3.35. The van der Waals surface area contributed by atoms with E-state index in [9.17, 15) is 18.5 Å². The summed E-state index contributed by atoms with van der Waals surface area (Å²) in [4.78, 5) is 15.2. The van der Waals surface area contributed by atoms with Crippen molar-refractivity contribution in [1.82, 2.24) is 9.84 Å². The van der Waals surface area contributed by atoms with Crippen LogP contribution < -0.4 is 10.6 Å². The molecule has 0 aliphatic carbocycles. The van der Waals surface area contributed by atoms with Gasteiger partial charge in [0.15, 0.2) is 6.04 Å². The minimum atomic E-state index is -4.07. The Labute approximate surface area is 175 Å². The van der Waals surface area contributed by atoms with Crippen LogP contribution in [0.25, 0.3) is 0 Å². The van der Waals surface area contributed by atoms with E-state index in [0.29, 0.717) is 5.56 Å². The van der Waals surface area contributed by atoms with Crippen LogP contribution in [-0.2, 0) is 19.6 Å². The first-order valence-electron chi connectivity index (χ1n) is 9.29. The number of benzene rings is 2. The predicted molar refractivity (Wildman–Crippen MR) is 110 cm³/mol. The molecule has 0 amide bonds.